The Balaban J connectivity index is 1.03. The number of benzene rings is 9. The van der Waals surface area contributed by atoms with Gasteiger partial charge in [-0.2, -0.15) is 0 Å². The predicted octanol–water partition coefficient (Wildman–Crippen LogP) is 14.9. The van der Waals surface area contributed by atoms with Gasteiger partial charge in [0.2, 0.25) is 0 Å². The van der Waals surface area contributed by atoms with E-state index in [-0.39, 0.29) is 0 Å². The molecule has 0 aliphatic carbocycles. The molecular weight excluding hydrogens is 655 g/mol. The van der Waals surface area contributed by atoms with Gasteiger partial charge < -0.3 is 9.32 Å². The first-order valence-electron chi connectivity index (χ1n) is 18.4. The van der Waals surface area contributed by atoms with Gasteiger partial charge in [-0.3, -0.25) is 0 Å². The highest BCUT2D eigenvalue weighted by Crippen LogP contribution is 2.41. The largest absolute Gasteiger partial charge is 0.456 e. The first-order valence-corrected chi connectivity index (χ1v) is 18.4. The lowest BCUT2D eigenvalue weighted by molar-refractivity contribution is 0.669. The molecule has 254 valence electrons. The van der Waals surface area contributed by atoms with Crippen molar-refractivity contribution in [2.75, 3.05) is 4.90 Å². The maximum Gasteiger partial charge on any atom is 0.136 e. The van der Waals surface area contributed by atoms with Crippen LogP contribution in [0.4, 0.5) is 17.1 Å². The fourth-order valence-corrected chi connectivity index (χ4v) is 7.81. The molecule has 9 aromatic carbocycles. The third-order valence-electron chi connectivity index (χ3n) is 10.5. The zero-order valence-electron chi connectivity index (χ0n) is 29.6. The van der Waals surface area contributed by atoms with Crippen molar-refractivity contribution in [3.8, 4) is 44.5 Å². The van der Waals surface area contributed by atoms with Crippen LogP contribution in [0.1, 0.15) is 0 Å². The highest BCUT2D eigenvalue weighted by molar-refractivity contribution is 6.12. The van der Waals surface area contributed by atoms with Gasteiger partial charge in [0, 0.05) is 27.8 Å². The number of para-hydroxylation sites is 1. The third kappa shape index (κ3) is 5.71. The SMILES string of the molecule is c1ccc(-c2ccc(-c3ccc(N(c4ccc(-c5cccc6ccccc56)cc4)c4ccc(-c5cccc6oc7ccccc7c56)cc4)cc3)cc2)cc1. The molecule has 0 spiro atoms. The second-order valence-electron chi connectivity index (χ2n) is 13.7. The quantitative estimate of drug-likeness (QED) is 0.166. The minimum absolute atomic E-state index is 0.903. The molecule has 0 radical (unpaired) electrons. The number of hydrogen-bond acceptors (Lipinski definition) is 2. The first-order chi connectivity index (χ1) is 26.8. The van der Waals surface area contributed by atoms with E-state index in [0.29, 0.717) is 0 Å². The summed E-state index contributed by atoms with van der Waals surface area (Å²) in [5.74, 6) is 0. The lowest BCUT2D eigenvalue weighted by Gasteiger charge is -2.26. The van der Waals surface area contributed by atoms with E-state index in [4.69, 9.17) is 4.42 Å². The first kappa shape index (κ1) is 31.6. The van der Waals surface area contributed by atoms with Crippen molar-refractivity contribution in [2.24, 2.45) is 0 Å². The highest BCUT2D eigenvalue weighted by Gasteiger charge is 2.16. The molecule has 2 nitrogen and oxygen atoms in total. The van der Waals surface area contributed by atoms with Crippen molar-refractivity contribution < 1.29 is 4.42 Å². The van der Waals surface area contributed by atoms with Gasteiger partial charge in [-0.1, -0.05) is 164 Å². The minimum Gasteiger partial charge on any atom is -0.456 e. The summed E-state index contributed by atoms with van der Waals surface area (Å²) in [5.41, 5.74) is 14.6. The van der Waals surface area contributed by atoms with Gasteiger partial charge in [-0.05, 0) is 104 Å². The normalized spacial score (nSPS) is 11.3. The molecule has 1 aromatic heterocycles. The molecule has 1 heterocycles. The van der Waals surface area contributed by atoms with Crippen LogP contribution in [0.25, 0.3) is 77.2 Å². The molecule has 0 saturated heterocycles. The summed E-state index contributed by atoms with van der Waals surface area (Å²) < 4.78 is 6.22. The van der Waals surface area contributed by atoms with Crippen LogP contribution in [0.3, 0.4) is 0 Å². The van der Waals surface area contributed by atoms with Crippen molar-refractivity contribution >= 4 is 49.8 Å². The fourth-order valence-electron chi connectivity index (χ4n) is 7.81. The molecule has 0 N–H and O–H groups in total. The van der Waals surface area contributed by atoms with Gasteiger partial charge in [0.15, 0.2) is 0 Å². The number of anilines is 3. The van der Waals surface area contributed by atoms with E-state index < -0.39 is 0 Å². The maximum absolute atomic E-state index is 6.22. The molecule has 0 unspecified atom stereocenters. The monoisotopic (exact) mass is 689 g/mol. The summed E-state index contributed by atoms with van der Waals surface area (Å²) in [6.07, 6.45) is 0. The average molecular weight is 690 g/mol. The molecule has 10 rings (SSSR count). The molecular formula is C52H35NO. The van der Waals surface area contributed by atoms with Crippen molar-refractivity contribution in [1.29, 1.82) is 0 Å². The van der Waals surface area contributed by atoms with E-state index in [1.807, 2.05) is 12.1 Å². The summed E-state index contributed by atoms with van der Waals surface area (Å²) in [7, 11) is 0. The van der Waals surface area contributed by atoms with Crippen molar-refractivity contribution in [3.63, 3.8) is 0 Å². The number of furan rings is 1. The summed E-state index contributed by atoms with van der Waals surface area (Å²) in [6.45, 7) is 0. The summed E-state index contributed by atoms with van der Waals surface area (Å²) >= 11 is 0. The van der Waals surface area contributed by atoms with Crippen molar-refractivity contribution in [3.05, 3.63) is 212 Å². The topological polar surface area (TPSA) is 16.4 Å². The van der Waals surface area contributed by atoms with Gasteiger partial charge in [-0.25, -0.2) is 0 Å². The highest BCUT2D eigenvalue weighted by atomic mass is 16.3. The van der Waals surface area contributed by atoms with E-state index in [0.717, 1.165) is 50.1 Å². The zero-order chi connectivity index (χ0) is 35.8. The molecule has 54 heavy (non-hydrogen) atoms. The second kappa shape index (κ2) is 13.4. The molecule has 0 saturated carbocycles. The van der Waals surface area contributed by atoms with Crippen LogP contribution >= 0.6 is 0 Å². The van der Waals surface area contributed by atoms with E-state index in [2.05, 4.69) is 205 Å². The van der Waals surface area contributed by atoms with Gasteiger partial charge in [0.05, 0.1) is 0 Å². The van der Waals surface area contributed by atoms with Gasteiger partial charge >= 0.3 is 0 Å². The van der Waals surface area contributed by atoms with Gasteiger partial charge in [-0.15, -0.1) is 0 Å². The van der Waals surface area contributed by atoms with Gasteiger partial charge in [0.1, 0.15) is 11.2 Å². The minimum atomic E-state index is 0.903. The smallest absolute Gasteiger partial charge is 0.136 e. The Morgan fingerprint density at radius 3 is 1.35 bits per heavy atom. The molecule has 0 fully saturated rings. The molecule has 0 amide bonds. The van der Waals surface area contributed by atoms with E-state index >= 15 is 0 Å². The van der Waals surface area contributed by atoms with Crippen LogP contribution < -0.4 is 4.90 Å². The Kier molecular flexibility index (Phi) is 7.85. The second-order valence-corrected chi connectivity index (χ2v) is 13.7. The van der Waals surface area contributed by atoms with Crippen LogP contribution in [0.5, 0.6) is 0 Å². The number of hydrogen-bond donors (Lipinski definition) is 0. The molecule has 0 atom stereocenters. The van der Waals surface area contributed by atoms with E-state index in [1.54, 1.807) is 0 Å². The van der Waals surface area contributed by atoms with Crippen molar-refractivity contribution in [1.82, 2.24) is 0 Å². The zero-order valence-corrected chi connectivity index (χ0v) is 29.6. The van der Waals surface area contributed by atoms with Crippen LogP contribution in [0.2, 0.25) is 0 Å². The average Bonchev–Trinajstić information content (AvgIpc) is 3.64. The summed E-state index contributed by atoms with van der Waals surface area (Å²) in [4.78, 5) is 2.34. The molecule has 0 aliphatic rings. The Morgan fingerprint density at radius 1 is 0.278 bits per heavy atom. The molecule has 10 aromatic rings. The maximum atomic E-state index is 6.22. The Labute approximate surface area is 314 Å². The number of rotatable bonds is 7. The predicted molar refractivity (Wildman–Crippen MR) is 228 cm³/mol. The number of fused-ring (bicyclic) bond motifs is 4. The lowest BCUT2D eigenvalue weighted by Crippen LogP contribution is -2.09. The van der Waals surface area contributed by atoms with Crippen LogP contribution in [-0.2, 0) is 0 Å². The fraction of sp³-hybridized carbons (Fsp3) is 0. The number of nitrogens with zero attached hydrogens (tertiary/aromatic N) is 1. The van der Waals surface area contributed by atoms with E-state index in [9.17, 15) is 0 Å². The van der Waals surface area contributed by atoms with Gasteiger partial charge in [0.25, 0.3) is 0 Å². The molecule has 0 bridgehead atoms. The van der Waals surface area contributed by atoms with Crippen molar-refractivity contribution in [2.45, 2.75) is 0 Å². The van der Waals surface area contributed by atoms with Crippen LogP contribution in [0, 0.1) is 0 Å². The Bertz CT molecular complexity index is 2880. The Morgan fingerprint density at radius 2 is 0.704 bits per heavy atom. The van der Waals surface area contributed by atoms with Crippen LogP contribution in [0.15, 0.2) is 217 Å². The summed E-state index contributed by atoms with van der Waals surface area (Å²) in [5, 5.41) is 4.78. The molecule has 0 aliphatic heterocycles. The summed E-state index contributed by atoms with van der Waals surface area (Å²) in [6, 6.07) is 75.9. The lowest BCUT2D eigenvalue weighted by atomic mass is 9.97. The van der Waals surface area contributed by atoms with E-state index in [1.165, 1.54) is 44.2 Å². The standard InChI is InChI=1S/C52H35NO/c1-2-10-36(11-3-1)37-20-22-38(23-21-37)39-24-30-43(31-25-39)53(44-32-26-41(27-33-44)47-16-8-13-40-12-4-5-14-46(40)47)45-34-28-42(29-35-45)48-17-9-19-51-52(48)49-15-6-7-18-50(49)54-51/h1-35H. The van der Waals surface area contributed by atoms with Crippen LogP contribution in [-0.4, -0.2) is 0 Å². The Hall–Kier alpha value is -7.16. The molecule has 2 heteroatoms. The third-order valence-corrected chi connectivity index (χ3v) is 10.5.